The Hall–Kier alpha value is -1.51. The number of carboxylic acid groups (broad SMARTS) is 1. The molecule has 20 heavy (non-hydrogen) atoms. The van der Waals surface area contributed by atoms with Crippen molar-refractivity contribution in [2.75, 3.05) is 0 Å². The summed E-state index contributed by atoms with van der Waals surface area (Å²) in [6.45, 7) is 0. The molecule has 0 saturated heterocycles. The van der Waals surface area contributed by atoms with Gasteiger partial charge < -0.3 is 10.2 Å². The molecule has 0 amide bonds. The maximum atomic E-state index is 11.8. The fourth-order valence-corrected chi connectivity index (χ4v) is 5.67. The van der Waals surface area contributed by atoms with Gasteiger partial charge in [-0.25, -0.2) is 0 Å². The van der Waals surface area contributed by atoms with Crippen LogP contribution >= 0.6 is 0 Å². The first kappa shape index (κ1) is 12.2. The molecule has 0 unspecified atom stereocenters. The monoisotopic (exact) mass is 272 g/mol. The van der Waals surface area contributed by atoms with Crippen LogP contribution in [-0.2, 0) is 10.2 Å². The standard InChI is InChI=1S/C17H20O3/c18-14-3-1-13(2-4-14)16-6-11-5-12(7-16)9-17(8-11,10-16)15(19)20/h1-4,11-12,18H,5-10H2,(H,19,20)/t11-,12-,16?,17?/m1/s1. The van der Waals surface area contributed by atoms with Gasteiger partial charge in [-0.3, -0.25) is 4.79 Å². The zero-order valence-electron chi connectivity index (χ0n) is 11.5. The van der Waals surface area contributed by atoms with E-state index in [1.165, 1.54) is 12.0 Å². The smallest absolute Gasteiger partial charge is 0.309 e. The third-order valence-corrected chi connectivity index (χ3v) is 5.99. The zero-order chi connectivity index (χ0) is 14.0. The molecule has 2 N–H and O–H groups in total. The highest BCUT2D eigenvalue weighted by Crippen LogP contribution is 2.65. The Labute approximate surface area is 118 Å². The van der Waals surface area contributed by atoms with Gasteiger partial charge in [-0.15, -0.1) is 0 Å². The number of hydrogen-bond acceptors (Lipinski definition) is 2. The lowest BCUT2D eigenvalue weighted by atomic mass is 9.43. The Morgan fingerprint density at radius 1 is 1.05 bits per heavy atom. The molecule has 1 aromatic rings. The van der Waals surface area contributed by atoms with Gasteiger partial charge in [0.05, 0.1) is 5.41 Å². The fourth-order valence-electron chi connectivity index (χ4n) is 5.67. The maximum absolute atomic E-state index is 11.8. The van der Waals surface area contributed by atoms with Crippen LogP contribution < -0.4 is 0 Å². The number of carboxylic acids is 1. The van der Waals surface area contributed by atoms with Gasteiger partial charge in [0, 0.05) is 0 Å². The Morgan fingerprint density at radius 3 is 2.20 bits per heavy atom. The van der Waals surface area contributed by atoms with E-state index in [0.29, 0.717) is 11.8 Å². The van der Waals surface area contributed by atoms with Gasteiger partial charge >= 0.3 is 5.97 Å². The van der Waals surface area contributed by atoms with Gasteiger partial charge in [-0.1, -0.05) is 12.1 Å². The summed E-state index contributed by atoms with van der Waals surface area (Å²) in [6.07, 6.45) is 6.01. The molecule has 0 aromatic heterocycles. The predicted molar refractivity (Wildman–Crippen MR) is 74.5 cm³/mol. The summed E-state index contributed by atoms with van der Waals surface area (Å²) in [5.74, 6) is 0.837. The van der Waals surface area contributed by atoms with Crippen molar-refractivity contribution in [1.29, 1.82) is 0 Å². The average Bonchev–Trinajstić information content (AvgIpc) is 2.37. The summed E-state index contributed by atoms with van der Waals surface area (Å²) < 4.78 is 0. The molecule has 2 atom stereocenters. The van der Waals surface area contributed by atoms with Crippen LogP contribution in [0.15, 0.2) is 24.3 Å². The summed E-state index contributed by atoms with van der Waals surface area (Å²) in [5.41, 5.74) is 0.785. The van der Waals surface area contributed by atoms with Gasteiger partial charge in [0.2, 0.25) is 0 Å². The minimum atomic E-state index is -0.588. The normalized spacial score (nSPS) is 41.8. The molecule has 4 saturated carbocycles. The number of aromatic hydroxyl groups is 1. The second-order valence-corrected chi connectivity index (χ2v) is 7.37. The Bertz CT molecular complexity index is 546. The lowest BCUT2D eigenvalue weighted by molar-refractivity contribution is -0.167. The van der Waals surface area contributed by atoms with E-state index >= 15 is 0 Å². The number of aliphatic carboxylic acids is 1. The number of carbonyl (C=O) groups is 1. The van der Waals surface area contributed by atoms with Crippen molar-refractivity contribution in [3.8, 4) is 5.75 Å². The number of phenols is 1. The highest BCUT2D eigenvalue weighted by atomic mass is 16.4. The molecule has 4 aliphatic carbocycles. The van der Waals surface area contributed by atoms with Crippen molar-refractivity contribution in [1.82, 2.24) is 0 Å². The first-order valence-electron chi connectivity index (χ1n) is 7.54. The maximum Gasteiger partial charge on any atom is 0.309 e. The van der Waals surface area contributed by atoms with E-state index in [4.69, 9.17) is 0 Å². The number of phenolic OH excluding ortho intramolecular Hbond substituents is 1. The molecule has 4 aliphatic rings. The van der Waals surface area contributed by atoms with E-state index < -0.39 is 11.4 Å². The first-order chi connectivity index (χ1) is 9.51. The highest BCUT2D eigenvalue weighted by molar-refractivity contribution is 5.76. The summed E-state index contributed by atoms with van der Waals surface area (Å²) >= 11 is 0. The molecule has 0 radical (unpaired) electrons. The van der Waals surface area contributed by atoms with E-state index in [0.717, 1.165) is 32.1 Å². The first-order valence-corrected chi connectivity index (χ1v) is 7.54. The van der Waals surface area contributed by atoms with Crippen LogP contribution in [-0.4, -0.2) is 16.2 Å². The molecule has 0 heterocycles. The number of hydrogen-bond donors (Lipinski definition) is 2. The van der Waals surface area contributed by atoms with E-state index in [9.17, 15) is 15.0 Å². The number of rotatable bonds is 2. The Balaban J connectivity index is 1.79. The largest absolute Gasteiger partial charge is 0.508 e. The predicted octanol–water partition coefficient (Wildman–Crippen LogP) is 3.31. The van der Waals surface area contributed by atoms with Gasteiger partial charge in [0.25, 0.3) is 0 Å². The quantitative estimate of drug-likeness (QED) is 0.868. The summed E-state index contributed by atoms with van der Waals surface area (Å²) in [6, 6.07) is 7.47. The molecule has 5 rings (SSSR count). The molecule has 4 fully saturated rings. The lowest BCUT2D eigenvalue weighted by Crippen LogP contribution is -2.56. The third-order valence-electron chi connectivity index (χ3n) is 5.99. The van der Waals surface area contributed by atoms with Crippen LogP contribution in [0.3, 0.4) is 0 Å². The molecule has 0 spiro atoms. The van der Waals surface area contributed by atoms with E-state index in [-0.39, 0.29) is 11.2 Å². The minimum absolute atomic E-state index is 0.0379. The highest BCUT2D eigenvalue weighted by Gasteiger charge is 2.61. The topological polar surface area (TPSA) is 57.5 Å². The van der Waals surface area contributed by atoms with Crippen LogP contribution in [0.5, 0.6) is 5.75 Å². The van der Waals surface area contributed by atoms with Gasteiger partial charge in [0.15, 0.2) is 0 Å². The minimum Gasteiger partial charge on any atom is -0.508 e. The molecule has 3 heteroatoms. The van der Waals surface area contributed by atoms with Crippen LogP contribution in [0.4, 0.5) is 0 Å². The van der Waals surface area contributed by atoms with Crippen LogP contribution in [0.25, 0.3) is 0 Å². The molecule has 4 bridgehead atoms. The Kier molecular flexibility index (Phi) is 2.31. The van der Waals surface area contributed by atoms with Crippen molar-refractivity contribution in [3.05, 3.63) is 29.8 Å². The van der Waals surface area contributed by atoms with Gasteiger partial charge in [-0.05, 0) is 73.5 Å². The molecule has 0 aliphatic heterocycles. The van der Waals surface area contributed by atoms with E-state index in [2.05, 4.69) is 0 Å². The summed E-state index contributed by atoms with van der Waals surface area (Å²) in [4.78, 5) is 11.8. The van der Waals surface area contributed by atoms with Gasteiger partial charge in [-0.2, -0.15) is 0 Å². The zero-order valence-corrected chi connectivity index (χ0v) is 11.5. The average molecular weight is 272 g/mol. The summed E-state index contributed by atoms with van der Waals surface area (Å²) in [5, 5.41) is 19.2. The second-order valence-electron chi connectivity index (χ2n) is 7.37. The third kappa shape index (κ3) is 1.55. The summed E-state index contributed by atoms with van der Waals surface area (Å²) in [7, 11) is 0. The van der Waals surface area contributed by atoms with Crippen LogP contribution in [0, 0.1) is 17.3 Å². The van der Waals surface area contributed by atoms with Crippen molar-refractivity contribution in [2.45, 2.75) is 43.9 Å². The van der Waals surface area contributed by atoms with Crippen molar-refractivity contribution in [3.63, 3.8) is 0 Å². The molecule has 3 nitrogen and oxygen atoms in total. The fraction of sp³-hybridized carbons (Fsp3) is 0.588. The van der Waals surface area contributed by atoms with Crippen molar-refractivity contribution in [2.24, 2.45) is 17.3 Å². The molecule has 1 aromatic carbocycles. The van der Waals surface area contributed by atoms with Crippen molar-refractivity contribution >= 4 is 5.97 Å². The number of benzene rings is 1. The van der Waals surface area contributed by atoms with Gasteiger partial charge in [0.1, 0.15) is 5.75 Å². The Morgan fingerprint density at radius 2 is 1.65 bits per heavy atom. The second kappa shape index (κ2) is 3.78. The molecular weight excluding hydrogens is 252 g/mol. The molecular formula is C17H20O3. The van der Waals surface area contributed by atoms with E-state index in [1.807, 2.05) is 12.1 Å². The SMILES string of the molecule is O=C(O)C12C[C@@H]3C[C@@H](C1)CC(c1ccc(O)cc1)(C3)C2. The van der Waals surface area contributed by atoms with E-state index in [1.54, 1.807) is 12.1 Å². The van der Waals surface area contributed by atoms with Crippen LogP contribution in [0.2, 0.25) is 0 Å². The lowest BCUT2D eigenvalue weighted by Gasteiger charge is -2.60. The van der Waals surface area contributed by atoms with Crippen molar-refractivity contribution < 1.29 is 15.0 Å². The molecule has 106 valence electrons. The van der Waals surface area contributed by atoms with Crippen LogP contribution in [0.1, 0.15) is 44.1 Å².